The van der Waals surface area contributed by atoms with Gasteiger partial charge in [0.1, 0.15) is 18.2 Å². The second-order valence-corrected chi connectivity index (χ2v) is 12.2. The quantitative estimate of drug-likeness (QED) is 0.166. The van der Waals surface area contributed by atoms with E-state index in [1.165, 1.54) is 31.2 Å². The maximum absolute atomic E-state index is 13.9. The Morgan fingerprint density at radius 1 is 0.891 bits per heavy atom. The van der Waals surface area contributed by atoms with Crippen LogP contribution < -0.4 is 16.0 Å². The van der Waals surface area contributed by atoms with Crippen LogP contribution in [0.5, 0.6) is 0 Å². The fourth-order valence-corrected chi connectivity index (χ4v) is 5.76. The van der Waals surface area contributed by atoms with Crippen molar-refractivity contribution in [3.05, 3.63) is 106 Å². The predicted octanol–water partition coefficient (Wildman–Crippen LogP) is 6.09. The highest BCUT2D eigenvalue weighted by molar-refractivity contribution is 9.10. The van der Waals surface area contributed by atoms with Gasteiger partial charge < -0.3 is 20.7 Å². The first-order valence-corrected chi connectivity index (χ1v) is 15.4. The summed E-state index contributed by atoms with van der Waals surface area (Å²) in [6.07, 6.45) is -3.76. The van der Waals surface area contributed by atoms with Crippen molar-refractivity contribution in [2.75, 3.05) is 13.2 Å². The number of hydrogen-bond acceptors (Lipinski definition) is 5. The van der Waals surface area contributed by atoms with Gasteiger partial charge in [0, 0.05) is 22.5 Å². The minimum atomic E-state index is -5.10. The van der Waals surface area contributed by atoms with Crippen LogP contribution in [0.2, 0.25) is 0 Å². The van der Waals surface area contributed by atoms with Gasteiger partial charge in [-0.1, -0.05) is 52.3 Å². The highest BCUT2D eigenvalue weighted by atomic mass is 79.9. The lowest BCUT2D eigenvalue weighted by atomic mass is 9.73. The monoisotopic (exact) mass is 709 g/mol. The first kappa shape index (κ1) is 35.0. The molecule has 13 heteroatoms. The van der Waals surface area contributed by atoms with Gasteiger partial charge in [0.25, 0.3) is 0 Å². The second kappa shape index (κ2) is 15.6. The third-order valence-electron chi connectivity index (χ3n) is 7.85. The molecule has 3 aromatic rings. The van der Waals surface area contributed by atoms with Crippen molar-refractivity contribution in [1.29, 1.82) is 0 Å². The summed E-state index contributed by atoms with van der Waals surface area (Å²) in [5.74, 6) is -4.59. The van der Waals surface area contributed by atoms with E-state index in [0.717, 1.165) is 10.0 Å². The number of alkyl halides is 3. The molecule has 0 heterocycles. The molecule has 0 radical (unpaired) electrons. The predicted molar refractivity (Wildman–Crippen MR) is 163 cm³/mol. The summed E-state index contributed by atoms with van der Waals surface area (Å²) in [5.41, 5.74) is 2.13. The van der Waals surface area contributed by atoms with Crippen molar-refractivity contribution >= 4 is 33.7 Å². The molecule has 2 amide bonds. The molecule has 246 valence electrons. The van der Waals surface area contributed by atoms with Crippen molar-refractivity contribution in [3.63, 3.8) is 0 Å². The minimum absolute atomic E-state index is 0.217. The molecule has 0 saturated heterocycles. The molecule has 0 aliphatic heterocycles. The van der Waals surface area contributed by atoms with Gasteiger partial charge in [-0.05, 0) is 85.2 Å². The maximum atomic E-state index is 13.9. The van der Waals surface area contributed by atoms with Crippen LogP contribution in [0.25, 0.3) is 0 Å². The lowest BCUT2D eigenvalue weighted by Crippen LogP contribution is -2.48. The zero-order valence-electron chi connectivity index (χ0n) is 24.8. The SMILES string of the molecule is CC(COC(=O)C(F)(F)F)NCC(=O)N[C@@H]1CC[C@@H](C(=O)NC(c2ccc(F)cc2)c2ccc(F)cc2)[C@H](c2ccc(Br)cc2)C1. The second-order valence-electron chi connectivity index (χ2n) is 11.3. The highest BCUT2D eigenvalue weighted by Crippen LogP contribution is 2.39. The number of amides is 2. The molecule has 1 unspecified atom stereocenters. The average molecular weight is 711 g/mol. The Morgan fingerprint density at radius 2 is 1.46 bits per heavy atom. The van der Waals surface area contributed by atoms with Crippen molar-refractivity contribution in [1.82, 2.24) is 16.0 Å². The fraction of sp³-hybridized carbons (Fsp3) is 0.364. The Bertz CT molecular complexity index is 1440. The van der Waals surface area contributed by atoms with Crippen LogP contribution in [0.3, 0.4) is 0 Å². The van der Waals surface area contributed by atoms with Crippen LogP contribution in [-0.4, -0.2) is 49.2 Å². The van der Waals surface area contributed by atoms with E-state index in [1.54, 1.807) is 24.3 Å². The van der Waals surface area contributed by atoms with Crippen LogP contribution in [0, 0.1) is 17.6 Å². The third kappa shape index (κ3) is 9.83. The smallest absolute Gasteiger partial charge is 0.457 e. The number of ether oxygens (including phenoxy) is 1. The van der Waals surface area contributed by atoms with E-state index in [-0.39, 0.29) is 24.4 Å². The van der Waals surface area contributed by atoms with Gasteiger partial charge in [0.05, 0.1) is 12.6 Å². The number of rotatable bonds is 11. The van der Waals surface area contributed by atoms with Crippen molar-refractivity contribution in [3.8, 4) is 0 Å². The third-order valence-corrected chi connectivity index (χ3v) is 8.38. The molecule has 1 aliphatic carbocycles. The molecule has 7 nitrogen and oxygen atoms in total. The van der Waals surface area contributed by atoms with Gasteiger partial charge in [-0.2, -0.15) is 13.2 Å². The lowest BCUT2D eigenvalue weighted by molar-refractivity contribution is -0.200. The average Bonchev–Trinajstić information content (AvgIpc) is 3.02. The summed E-state index contributed by atoms with van der Waals surface area (Å²) in [4.78, 5) is 37.6. The number of carbonyl (C=O) groups is 3. The molecular formula is C33H33BrF5N3O4. The van der Waals surface area contributed by atoms with Crippen LogP contribution in [0.1, 0.15) is 54.8 Å². The minimum Gasteiger partial charge on any atom is -0.457 e. The summed E-state index contributed by atoms with van der Waals surface area (Å²) in [6, 6.07) is 17.3. The number of esters is 1. The number of halogens is 6. The van der Waals surface area contributed by atoms with Crippen LogP contribution in [-0.2, 0) is 19.1 Å². The van der Waals surface area contributed by atoms with E-state index < -0.39 is 54.3 Å². The summed E-state index contributed by atoms with van der Waals surface area (Å²) < 4.78 is 69.6. The molecule has 4 rings (SSSR count). The Hall–Kier alpha value is -3.84. The fourth-order valence-electron chi connectivity index (χ4n) is 5.50. The molecule has 1 aliphatic rings. The van der Waals surface area contributed by atoms with E-state index in [0.29, 0.717) is 30.4 Å². The Morgan fingerprint density at radius 3 is 2.00 bits per heavy atom. The zero-order chi connectivity index (χ0) is 33.4. The summed E-state index contributed by atoms with van der Waals surface area (Å²) in [5, 5.41) is 8.77. The Kier molecular flexibility index (Phi) is 11.9. The topological polar surface area (TPSA) is 96.5 Å². The van der Waals surface area contributed by atoms with E-state index >= 15 is 0 Å². The summed E-state index contributed by atoms with van der Waals surface area (Å²) in [6.45, 7) is 0.703. The molecule has 4 atom stereocenters. The molecule has 46 heavy (non-hydrogen) atoms. The largest absolute Gasteiger partial charge is 0.490 e. The Labute approximate surface area is 271 Å². The van der Waals surface area contributed by atoms with Crippen molar-refractivity contribution in [2.24, 2.45) is 5.92 Å². The van der Waals surface area contributed by atoms with E-state index in [2.05, 4.69) is 36.6 Å². The zero-order valence-corrected chi connectivity index (χ0v) is 26.3. The molecule has 0 aromatic heterocycles. The normalized spacial score (nSPS) is 18.9. The molecule has 0 spiro atoms. The van der Waals surface area contributed by atoms with Crippen molar-refractivity contribution in [2.45, 2.75) is 56.4 Å². The molecular weight excluding hydrogens is 677 g/mol. The van der Waals surface area contributed by atoms with Gasteiger partial charge in [-0.15, -0.1) is 0 Å². The Balaban J connectivity index is 1.44. The first-order valence-electron chi connectivity index (χ1n) is 14.6. The number of nitrogens with one attached hydrogen (secondary N) is 3. The first-order chi connectivity index (χ1) is 21.8. The van der Waals surface area contributed by atoms with Crippen LogP contribution >= 0.6 is 15.9 Å². The molecule has 3 N–H and O–H groups in total. The van der Waals surface area contributed by atoms with Crippen LogP contribution in [0.15, 0.2) is 77.3 Å². The van der Waals surface area contributed by atoms with Crippen molar-refractivity contribution < 1.29 is 41.1 Å². The number of benzene rings is 3. The molecule has 0 bridgehead atoms. The van der Waals surface area contributed by atoms with E-state index in [4.69, 9.17) is 0 Å². The number of hydrogen-bond donors (Lipinski definition) is 3. The molecule has 1 fully saturated rings. The number of carbonyl (C=O) groups excluding carboxylic acids is 3. The van der Waals surface area contributed by atoms with E-state index in [1.807, 2.05) is 24.3 Å². The standard InChI is InChI=1S/C33H33BrF5N3O4/c1-19(18-46-32(45)33(37,38)39)40-17-29(43)41-26-14-15-27(28(16-26)20-2-8-23(34)9-3-20)31(44)42-30(21-4-10-24(35)11-5-21)22-6-12-25(36)13-7-22/h2-13,19,26-28,30,40H,14-18H2,1H3,(H,41,43)(H,42,44)/t19?,26-,27-,28+/m1/s1. The van der Waals surface area contributed by atoms with Crippen LogP contribution in [0.4, 0.5) is 22.0 Å². The summed E-state index contributed by atoms with van der Waals surface area (Å²) in [7, 11) is 0. The van der Waals surface area contributed by atoms with Gasteiger partial charge >= 0.3 is 12.1 Å². The summed E-state index contributed by atoms with van der Waals surface area (Å²) >= 11 is 3.43. The van der Waals surface area contributed by atoms with Gasteiger partial charge in [0.2, 0.25) is 11.8 Å². The molecule has 1 saturated carbocycles. The van der Waals surface area contributed by atoms with Gasteiger partial charge in [-0.25, -0.2) is 13.6 Å². The van der Waals surface area contributed by atoms with Gasteiger partial charge in [0.15, 0.2) is 0 Å². The maximum Gasteiger partial charge on any atom is 0.490 e. The van der Waals surface area contributed by atoms with E-state index in [9.17, 15) is 36.3 Å². The highest BCUT2D eigenvalue weighted by Gasteiger charge is 2.41. The van der Waals surface area contributed by atoms with Gasteiger partial charge in [-0.3, -0.25) is 9.59 Å². The lowest BCUT2D eigenvalue weighted by Gasteiger charge is -2.37. The molecule has 3 aromatic carbocycles.